The second-order valence-electron chi connectivity index (χ2n) is 4.03. The Bertz CT molecular complexity index is 638. The lowest BCUT2D eigenvalue weighted by Gasteiger charge is -2.06. The second-order valence-corrected chi connectivity index (χ2v) is 5.28. The van der Waals surface area contributed by atoms with Gasteiger partial charge in [0.15, 0.2) is 0 Å². The van der Waals surface area contributed by atoms with Crippen LogP contribution in [0.1, 0.15) is 20.7 Å². The molecule has 1 amide bonds. The number of ether oxygens (including phenoxy) is 1. The molecule has 20 heavy (non-hydrogen) atoms. The van der Waals surface area contributed by atoms with Gasteiger partial charge in [-0.1, -0.05) is 6.07 Å². The van der Waals surface area contributed by atoms with Crippen LogP contribution in [0.2, 0.25) is 0 Å². The second kappa shape index (κ2) is 6.51. The minimum atomic E-state index is -0.402. The largest absolute Gasteiger partial charge is 0.465 e. The third-order valence-electron chi connectivity index (χ3n) is 2.65. The van der Waals surface area contributed by atoms with Gasteiger partial charge >= 0.3 is 5.97 Å². The maximum atomic E-state index is 12.0. The van der Waals surface area contributed by atoms with Gasteiger partial charge in [0, 0.05) is 14.8 Å². The SMILES string of the molecule is COC(=O)c1ccc(NC(=O)c2cccc(I)c2)cc1. The molecule has 102 valence electrons. The smallest absolute Gasteiger partial charge is 0.337 e. The van der Waals surface area contributed by atoms with Crippen LogP contribution in [-0.4, -0.2) is 19.0 Å². The van der Waals surface area contributed by atoms with Crippen molar-refractivity contribution in [2.24, 2.45) is 0 Å². The minimum Gasteiger partial charge on any atom is -0.465 e. The number of halogens is 1. The number of rotatable bonds is 3. The highest BCUT2D eigenvalue weighted by atomic mass is 127. The summed E-state index contributed by atoms with van der Waals surface area (Å²) < 4.78 is 5.61. The van der Waals surface area contributed by atoms with E-state index in [0.29, 0.717) is 16.8 Å². The first-order valence-corrected chi connectivity index (χ1v) is 6.93. The zero-order chi connectivity index (χ0) is 14.5. The number of nitrogens with one attached hydrogen (secondary N) is 1. The molecule has 0 aliphatic heterocycles. The van der Waals surface area contributed by atoms with Crippen LogP contribution < -0.4 is 5.32 Å². The molecule has 2 aromatic rings. The number of carbonyl (C=O) groups is 2. The molecule has 0 aliphatic carbocycles. The molecule has 1 N–H and O–H groups in total. The van der Waals surface area contributed by atoms with Crippen LogP contribution in [0.15, 0.2) is 48.5 Å². The molecule has 0 unspecified atom stereocenters. The van der Waals surface area contributed by atoms with Gasteiger partial charge < -0.3 is 10.1 Å². The van der Waals surface area contributed by atoms with Crippen LogP contribution in [0, 0.1) is 3.57 Å². The molecular formula is C15H12INO3. The Morgan fingerprint density at radius 1 is 1.05 bits per heavy atom. The van der Waals surface area contributed by atoms with Crippen molar-refractivity contribution in [1.82, 2.24) is 0 Å². The molecule has 0 saturated carbocycles. The van der Waals surface area contributed by atoms with Crippen molar-refractivity contribution in [3.8, 4) is 0 Å². The summed E-state index contributed by atoms with van der Waals surface area (Å²) >= 11 is 2.15. The van der Waals surface area contributed by atoms with Crippen LogP contribution >= 0.6 is 22.6 Å². The molecule has 0 heterocycles. The van der Waals surface area contributed by atoms with E-state index in [-0.39, 0.29) is 5.91 Å². The summed E-state index contributed by atoms with van der Waals surface area (Å²) in [5, 5.41) is 2.78. The molecule has 5 heteroatoms. The van der Waals surface area contributed by atoms with E-state index in [1.807, 2.05) is 12.1 Å². The number of hydrogen-bond acceptors (Lipinski definition) is 3. The lowest BCUT2D eigenvalue weighted by Crippen LogP contribution is -2.12. The standard InChI is InChI=1S/C15H12INO3/c1-20-15(19)10-5-7-13(8-6-10)17-14(18)11-3-2-4-12(16)9-11/h2-9H,1H3,(H,17,18). The summed E-state index contributed by atoms with van der Waals surface area (Å²) in [6, 6.07) is 13.8. The van der Waals surface area contributed by atoms with Crippen molar-refractivity contribution < 1.29 is 14.3 Å². The maximum Gasteiger partial charge on any atom is 0.337 e. The van der Waals surface area contributed by atoms with Crippen LogP contribution in [0.4, 0.5) is 5.69 Å². The van der Waals surface area contributed by atoms with E-state index in [2.05, 4.69) is 32.6 Å². The van der Waals surface area contributed by atoms with Crippen molar-refractivity contribution in [1.29, 1.82) is 0 Å². The van der Waals surface area contributed by atoms with Gasteiger partial charge in [-0.25, -0.2) is 4.79 Å². The highest BCUT2D eigenvalue weighted by Crippen LogP contribution is 2.13. The fraction of sp³-hybridized carbons (Fsp3) is 0.0667. The summed E-state index contributed by atoms with van der Waals surface area (Å²) in [7, 11) is 1.33. The molecule has 2 rings (SSSR count). The molecule has 0 aromatic heterocycles. The topological polar surface area (TPSA) is 55.4 Å². The zero-order valence-electron chi connectivity index (χ0n) is 10.7. The Hall–Kier alpha value is -1.89. The van der Waals surface area contributed by atoms with Gasteiger partial charge in [-0.3, -0.25) is 4.79 Å². The minimum absolute atomic E-state index is 0.186. The number of hydrogen-bond donors (Lipinski definition) is 1. The van der Waals surface area contributed by atoms with E-state index in [0.717, 1.165) is 3.57 Å². The summed E-state index contributed by atoms with van der Waals surface area (Å²) in [6.07, 6.45) is 0. The Kier molecular flexibility index (Phi) is 4.73. The Labute approximate surface area is 130 Å². The van der Waals surface area contributed by atoms with Crippen molar-refractivity contribution in [2.75, 3.05) is 12.4 Å². The normalized spacial score (nSPS) is 9.90. The molecule has 2 aromatic carbocycles. The summed E-state index contributed by atoms with van der Waals surface area (Å²) in [5.74, 6) is -0.588. The Morgan fingerprint density at radius 3 is 2.35 bits per heavy atom. The first kappa shape index (κ1) is 14.5. The maximum absolute atomic E-state index is 12.0. The van der Waals surface area contributed by atoms with E-state index in [1.54, 1.807) is 36.4 Å². The van der Waals surface area contributed by atoms with Gasteiger partial charge in [0.1, 0.15) is 0 Å². The van der Waals surface area contributed by atoms with Gasteiger partial charge in [0.25, 0.3) is 5.91 Å². The summed E-state index contributed by atoms with van der Waals surface area (Å²) in [4.78, 5) is 23.3. The quantitative estimate of drug-likeness (QED) is 0.656. The average molecular weight is 381 g/mol. The third kappa shape index (κ3) is 3.57. The molecule has 0 atom stereocenters. The van der Waals surface area contributed by atoms with Gasteiger partial charge in [-0.2, -0.15) is 0 Å². The Morgan fingerprint density at radius 2 is 1.75 bits per heavy atom. The predicted molar refractivity (Wildman–Crippen MR) is 84.9 cm³/mol. The van der Waals surface area contributed by atoms with E-state index >= 15 is 0 Å². The monoisotopic (exact) mass is 381 g/mol. The van der Waals surface area contributed by atoms with Crippen LogP contribution in [0.25, 0.3) is 0 Å². The highest BCUT2D eigenvalue weighted by Gasteiger charge is 2.08. The highest BCUT2D eigenvalue weighted by molar-refractivity contribution is 14.1. The van der Waals surface area contributed by atoms with Crippen molar-refractivity contribution >= 4 is 40.2 Å². The predicted octanol–water partition coefficient (Wildman–Crippen LogP) is 3.33. The number of methoxy groups -OCH3 is 1. The average Bonchev–Trinajstić information content (AvgIpc) is 2.47. The molecule has 0 aliphatic rings. The molecule has 4 nitrogen and oxygen atoms in total. The van der Waals surface area contributed by atoms with E-state index in [9.17, 15) is 9.59 Å². The fourth-order valence-corrected chi connectivity index (χ4v) is 2.18. The van der Waals surface area contributed by atoms with E-state index in [4.69, 9.17) is 0 Å². The molecule has 0 radical (unpaired) electrons. The van der Waals surface area contributed by atoms with Gasteiger partial charge in [-0.05, 0) is 65.1 Å². The van der Waals surface area contributed by atoms with Crippen molar-refractivity contribution in [3.63, 3.8) is 0 Å². The van der Waals surface area contributed by atoms with E-state index in [1.165, 1.54) is 7.11 Å². The summed E-state index contributed by atoms with van der Waals surface area (Å²) in [5.41, 5.74) is 1.66. The molecule has 0 saturated heterocycles. The van der Waals surface area contributed by atoms with Gasteiger partial charge in [0.05, 0.1) is 12.7 Å². The number of esters is 1. The summed E-state index contributed by atoms with van der Waals surface area (Å²) in [6.45, 7) is 0. The van der Waals surface area contributed by atoms with Crippen LogP contribution in [-0.2, 0) is 4.74 Å². The molecular weight excluding hydrogens is 369 g/mol. The molecule has 0 bridgehead atoms. The first-order chi connectivity index (χ1) is 9.60. The lowest BCUT2D eigenvalue weighted by molar-refractivity contribution is 0.0600. The zero-order valence-corrected chi connectivity index (χ0v) is 12.9. The van der Waals surface area contributed by atoms with Gasteiger partial charge in [0.2, 0.25) is 0 Å². The number of benzene rings is 2. The first-order valence-electron chi connectivity index (χ1n) is 5.85. The number of carbonyl (C=O) groups excluding carboxylic acids is 2. The van der Waals surface area contributed by atoms with Crippen molar-refractivity contribution in [2.45, 2.75) is 0 Å². The number of anilines is 1. The van der Waals surface area contributed by atoms with Gasteiger partial charge in [-0.15, -0.1) is 0 Å². The van der Waals surface area contributed by atoms with E-state index < -0.39 is 5.97 Å². The van der Waals surface area contributed by atoms with Crippen LogP contribution in [0.3, 0.4) is 0 Å². The fourth-order valence-electron chi connectivity index (χ4n) is 1.64. The Balaban J connectivity index is 2.10. The number of amides is 1. The van der Waals surface area contributed by atoms with Crippen molar-refractivity contribution in [3.05, 3.63) is 63.2 Å². The third-order valence-corrected chi connectivity index (χ3v) is 3.32. The van der Waals surface area contributed by atoms with Crippen LogP contribution in [0.5, 0.6) is 0 Å². The lowest BCUT2D eigenvalue weighted by atomic mass is 10.2. The molecule has 0 fully saturated rings. The molecule has 0 spiro atoms.